The van der Waals surface area contributed by atoms with Crippen molar-refractivity contribution in [2.45, 2.75) is 117 Å². The summed E-state index contributed by atoms with van der Waals surface area (Å²) >= 11 is 0. The quantitative estimate of drug-likeness (QED) is 0.259. The molecule has 0 amide bonds. The molecule has 27 heavy (non-hydrogen) atoms. The van der Waals surface area contributed by atoms with Crippen LogP contribution in [0.2, 0.25) is 0 Å². The second kappa shape index (κ2) is 14.5. The molecule has 1 heterocycles. The van der Waals surface area contributed by atoms with Crippen LogP contribution in [0.15, 0.2) is 4.52 Å². The van der Waals surface area contributed by atoms with Crippen LogP contribution in [0.1, 0.15) is 120 Å². The zero-order valence-electron chi connectivity index (χ0n) is 17.6. The highest BCUT2D eigenvalue weighted by Gasteiger charge is 2.23. The summed E-state index contributed by atoms with van der Waals surface area (Å²) < 4.78 is 10.3. The molecule has 0 aliphatic heterocycles. The van der Waals surface area contributed by atoms with Crippen molar-refractivity contribution in [1.29, 1.82) is 0 Å². The first-order chi connectivity index (χ1) is 13.1. The van der Waals surface area contributed by atoms with E-state index in [-0.39, 0.29) is 17.5 Å². The van der Waals surface area contributed by atoms with Gasteiger partial charge in [0.15, 0.2) is 11.5 Å². The zero-order valence-corrected chi connectivity index (χ0v) is 17.6. The molecule has 0 radical (unpaired) electrons. The van der Waals surface area contributed by atoms with E-state index in [9.17, 15) is 9.90 Å². The highest BCUT2D eigenvalue weighted by atomic mass is 16.5. The maximum Gasteiger partial charge on any atom is 0.364 e. The predicted octanol–water partition coefficient (Wildman–Crippen LogP) is 6.58. The number of hydrogen-bond donors (Lipinski definition) is 1. The lowest BCUT2D eigenvalue weighted by atomic mass is 10.0. The van der Waals surface area contributed by atoms with Gasteiger partial charge in [-0.2, -0.15) is 0 Å². The maximum atomic E-state index is 11.9. The molecule has 0 saturated heterocycles. The van der Waals surface area contributed by atoms with Crippen LogP contribution < -0.4 is 0 Å². The Morgan fingerprint density at radius 2 is 1.48 bits per heavy atom. The number of carbonyl (C=O) groups is 1. The Hall–Kier alpha value is -1.52. The van der Waals surface area contributed by atoms with Gasteiger partial charge in [0.25, 0.3) is 0 Å². The lowest BCUT2D eigenvalue weighted by Crippen LogP contribution is -2.14. The lowest BCUT2D eigenvalue weighted by molar-refractivity contribution is 0.0320. The van der Waals surface area contributed by atoms with Gasteiger partial charge < -0.3 is 14.4 Å². The van der Waals surface area contributed by atoms with E-state index in [1.54, 1.807) is 0 Å². The number of aromatic nitrogens is 1. The van der Waals surface area contributed by atoms with Crippen molar-refractivity contribution in [3.63, 3.8) is 0 Å². The summed E-state index contributed by atoms with van der Waals surface area (Å²) in [7, 11) is 0. The van der Waals surface area contributed by atoms with Crippen molar-refractivity contribution in [2.24, 2.45) is 0 Å². The third kappa shape index (κ3) is 9.83. The zero-order chi connectivity index (χ0) is 19.9. The van der Waals surface area contributed by atoms with Gasteiger partial charge in [-0.15, -0.1) is 0 Å². The Kier molecular flexibility index (Phi) is 12.7. The van der Waals surface area contributed by atoms with Crippen molar-refractivity contribution < 1.29 is 19.2 Å². The summed E-state index contributed by atoms with van der Waals surface area (Å²) in [6, 6.07) is 0. The maximum absolute atomic E-state index is 11.9. The van der Waals surface area contributed by atoms with Crippen LogP contribution in [0.5, 0.6) is 5.75 Å². The fourth-order valence-corrected chi connectivity index (χ4v) is 3.07. The van der Waals surface area contributed by atoms with Crippen LogP contribution in [-0.4, -0.2) is 22.3 Å². The molecule has 0 spiro atoms. The topological polar surface area (TPSA) is 72.6 Å². The highest BCUT2D eigenvalue weighted by molar-refractivity contribution is 5.90. The van der Waals surface area contributed by atoms with E-state index < -0.39 is 5.97 Å². The monoisotopic (exact) mass is 381 g/mol. The summed E-state index contributed by atoms with van der Waals surface area (Å²) in [5.74, 6) is -0.392. The molecule has 0 bridgehead atoms. The summed E-state index contributed by atoms with van der Waals surface area (Å²) in [4.78, 5) is 11.9. The fourth-order valence-electron chi connectivity index (χ4n) is 3.07. The molecule has 0 fully saturated rings. The van der Waals surface area contributed by atoms with E-state index in [1.807, 2.05) is 13.8 Å². The molecule has 1 unspecified atom stereocenters. The molecule has 5 heteroatoms. The molecule has 0 aliphatic rings. The van der Waals surface area contributed by atoms with Gasteiger partial charge in [0.2, 0.25) is 5.69 Å². The van der Waals surface area contributed by atoms with Gasteiger partial charge in [-0.3, -0.25) is 0 Å². The Morgan fingerprint density at radius 1 is 0.963 bits per heavy atom. The average Bonchev–Trinajstić information content (AvgIpc) is 3.03. The molecule has 1 rings (SSSR count). The third-order valence-corrected chi connectivity index (χ3v) is 5.07. The number of aryl methyl sites for hydroxylation is 1. The number of carbonyl (C=O) groups excluding carboxylic acids is 1. The van der Waals surface area contributed by atoms with E-state index >= 15 is 0 Å². The van der Waals surface area contributed by atoms with Gasteiger partial charge in [0, 0.05) is 6.42 Å². The van der Waals surface area contributed by atoms with E-state index in [4.69, 9.17) is 9.26 Å². The highest BCUT2D eigenvalue weighted by Crippen LogP contribution is 2.25. The average molecular weight is 382 g/mol. The third-order valence-electron chi connectivity index (χ3n) is 5.07. The molecule has 1 atom stereocenters. The summed E-state index contributed by atoms with van der Waals surface area (Å²) in [6.45, 7) is 5.99. The Labute approximate surface area is 164 Å². The Bertz CT molecular complexity index is 512. The van der Waals surface area contributed by atoms with Crippen LogP contribution in [0, 0.1) is 0 Å². The number of nitrogens with zero attached hydrogens (tertiary/aromatic N) is 1. The fraction of sp³-hybridized carbons (Fsp3) is 0.818. The SMILES string of the molecule is CCCCCCCCCCCCCCc1onc(C(=O)OC(C)CC)c1O. The van der Waals surface area contributed by atoms with E-state index in [0.717, 1.165) is 19.3 Å². The van der Waals surface area contributed by atoms with Crippen molar-refractivity contribution in [3.8, 4) is 5.75 Å². The summed E-state index contributed by atoms with van der Waals surface area (Å²) in [5.41, 5.74) is -0.107. The van der Waals surface area contributed by atoms with Gasteiger partial charge in [-0.05, 0) is 19.8 Å². The number of esters is 1. The van der Waals surface area contributed by atoms with Crippen LogP contribution in [0.25, 0.3) is 0 Å². The molecule has 156 valence electrons. The van der Waals surface area contributed by atoms with E-state index in [0.29, 0.717) is 12.2 Å². The molecular formula is C22H39NO4. The minimum Gasteiger partial charge on any atom is -0.503 e. The smallest absolute Gasteiger partial charge is 0.364 e. The lowest BCUT2D eigenvalue weighted by Gasteiger charge is -2.08. The standard InChI is InChI=1S/C22H39NO4/c1-4-6-7-8-9-10-11-12-13-14-15-16-17-19-21(24)20(23-27-19)22(25)26-18(3)5-2/h18,24H,4-17H2,1-3H3. The van der Waals surface area contributed by atoms with Crippen LogP contribution in [0.4, 0.5) is 0 Å². The molecule has 5 nitrogen and oxygen atoms in total. The van der Waals surface area contributed by atoms with E-state index in [1.165, 1.54) is 64.2 Å². The number of rotatable bonds is 16. The minimum atomic E-state index is -0.619. The van der Waals surface area contributed by atoms with Crippen LogP contribution in [0.3, 0.4) is 0 Å². The number of aromatic hydroxyl groups is 1. The van der Waals surface area contributed by atoms with Gasteiger partial charge in [0.05, 0.1) is 6.10 Å². The second-order valence-corrected chi connectivity index (χ2v) is 7.57. The van der Waals surface area contributed by atoms with Crippen molar-refractivity contribution in [3.05, 3.63) is 11.5 Å². The van der Waals surface area contributed by atoms with Crippen LogP contribution >= 0.6 is 0 Å². The Balaban J connectivity index is 2.09. The first kappa shape index (κ1) is 23.5. The van der Waals surface area contributed by atoms with Gasteiger partial charge in [0.1, 0.15) is 0 Å². The van der Waals surface area contributed by atoms with E-state index in [2.05, 4.69) is 12.1 Å². The minimum absolute atomic E-state index is 0.107. The summed E-state index contributed by atoms with van der Waals surface area (Å²) in [5, 5.41) is 13.8. The molecule has 0 aliphatic carbocycles. The van der Waals surface area contributed by atoms with Gasteiger partial charge in [-0.1, -0.05) is 89.6 Å². The number of hydrogen-bond acceptors (Lipinski definition) is 5. The first-order valence-corrected chi connectivity index (χ1v) is 11.0. The van der Waals surface area contributed by atoms with Crippen molar-refractivity contribution in [2.75, 3.05) is 0 Å². The Morgan fingerprint density at radius 3 is 2.00 bits per heavy atom. The van der Waals surface area contributed by atoms with Gasteiger partial charge in [-0.25, -0.2) is 4.79 Å². The molecule has 1 aromatic rings. The van der Waals surface area contributed by atoms with Crippen molar-refractivity contribution >= 4 is 5.97 Å². The molecular weight excluding hydrogens is 342 g/mol. The van der Waals surface area contributed by atoms with Crippen LogP contribution in [-0.2, 0) is 11.2 Å². The normalized spacial score (nSPS) is 12.3. The number of unbranched alkanes of at least 4 members (excludes halogenated alkanes) is 11. The molecule has 1 aromatic heterocycles. The van der Waals surface area contributed by atoms with Crippen molar-refractivity contribution in [1.82, 2.24) is 5.16 Å². The molecule has 0 saturated carbocycles. The summed E-state index contributed by atoms with van der Waals surface area (Å²) in [6.07, 6.45) is 16.5. The molecule has 1 N–H and O–H groups in total. The molecule has 0 aromatic carbocycles. The second-order valence-electron chi connectivity index (χ2n) is 7.57. The first-order valence-electron chi connectivity index (χ1n) is 11.0. The van der Waals surface area contributed by atoms with Gasteiger partial charge >= 0.3 is 5.97 Å². The largest absolute Gasteiger partial charge is 0.503 e. The predicted molar refractivity (Wildman–Crippen MR) is 108 cm³/mol. The number of ether oxygens (including phenoxy) is 1.